The van der Waals surface area contributed by atoms with Crippen LogP contribution in [0.4, 0.5) is 9.18 Å². The summed E-state index contributed by atoms with van der Waals surface area (Å²) in [6.07, 6.45) is -0.187. The number of alkyl carbamates (subject to hydrolysis) is 1. The smallest absolute Gasteiger partial charge is 0.407 e. The third-order valence-corrected chi connectivity index (χ3v) is 1.52. The molecule has 0 saturated carbocycles. The maximum absolute atomic E-state index is 12.4. The first-order valence-electron chi connectivity index (χ1n) is 5.28. The van der Waals surface area contributed by atoms with E-state index in [1.54, 1.807) is 27.7 Å². The summed E-state index contributed by atoms with van der Waals surface area (Å²) in [5, 5.41) is 2.43. The average Bonchev–Trinajstić information content (AvgIpc) is 2.14. The van der Waals surface area contributed by atoms with Crippen molar-refractivity contribution in [3.63, 3.8) is 0 Å². The molecule has 4 nitrogen and oxygen atoms in total. The van der Waals surface area contributed by atoms with Gasteiger partial charge in [-0.1, -0.05) is 6.58 Å². The van der Waals surface area contributed by atoms with Gasteiger partial charge in [0.05, 0.1) is 12.1 Å². The SMILES string of the molecule is C=C(C)OC/C(=C/F)CNC(=O)OC(C)(C)C. The molecule has 0 aromatic carbocycles. The zero-order valence-electron chi connectivity index (χ0n) is 10.8. The van der Waals surface area contributed by atoms with Gasteiger partial charge in [0.15, 0.2) is 0 Å². The Morgan fingerprint density at radius 3 is 2.47 bits per heavy atom. The van der Waals surface area contributed by atoms with E-state index in [0.29, 0.717) is 17.7 Å². The Hall–Kier alpha value is -1.52. The standard InChI is InChI=1S/C12H20FNO3/c1-9(2)16-8-10(6-13)7-14-11(15)17-12(3,4)5/h6H,1,7-8H2,2-5H3,(H,14,15)/b10-6+. The molecule has 0 saturated heterocycles. The molecule has 0 aliphatic carbocycles. The number of rotatable bonds is 5. The first kappa shape index (κ1) is 15.5. The van der Waals surface area contributed by atoms with Crippen molar-refractivity contribution >= 4 is 6.09 Å². The van der Waals surface area contributed by atoms with Gasteiger partial charge >= 0.3 is 6.09 Å². The number of nitrogens with one attached hydrogen (secondary N) is 1. The van der Waals surface area contributed by atoms with Crippen LogP contribution in [0.25, 0.3) is 0 Å². The molecule has 0 aliphatic heterocycles. The lowest BCUT2D eigenvalue weighted by molar-refractivity contribution is 0.0531. The van der Waals surface area contributed by atoms with Gasteiger partial charge in [-0.2, -0.15) is 0 Å². The molecule has 0 aliphatic rings. The Labute approximate surface area is 101 Å². The molecule has 0 radical (unpaired) electrons. The number of ether oxygens (including phenoxy) is 2. The lowest BCUT2D eigenvalue weighted by Crippen LogP contribution is -2.34. The normalized spacial score (nSPS) is 11.9. The van der Waals surface area contributed by atoms with Crippen LogP contribution >= 0.6 is 0 Å². The van der Waals surface area contributed by atoms with Crippen LogP contribution in [0.15, 0.2) is 24.2 Å². The number of allylic oxidation sites excluding steroid dienone is 1. The summed E-state index contributed by atoms with van der Waals surface area (Å²) in [7, 11) is 0. The summed E-state index contributed by atoms with van der Waals surface area (Å²) < 4.78 is 22.5. The van der Waals surface area contributed by atoms with E-state index in [9.17, 15) is 9.18 Å². The Bertz CT molecular complexity index is 305. The fourth-order valence-electron chi connectivity index (χ4n) is 0.837. The van der Waals surface area contributed by atoms with Crippen molar-refractivity contribution in [1.82, 2.24) is 5.32 Å². The Morgan fingerprint density at radius 1 is 1.47 bits per heavy atom. The van der Waals surface area contributed by atoms with E-state index in [4.69, 9.17) is 9.47 Å². The number of halogens is 1. The number of hydrogen-bond donors (Lipinski definition) is 1. The van der Waals surface area contributed by atoms with Gasteiger partial charge in [-0.15, -0.1) is 0 Å². The number of amides is 1. The van der Waals surface area contributed by atoms with Gasteiger partial charge in [0.2, 0.25) is 0 Å². The first-order chi connectivity index (χ1) is 7.74. The van der Waals surface area contributed by atoms with Gasteiger partial charge in [0, 0.05) is 12.1 Å². The second kappa shape index (κ2) is 6.93. The van der Waals surface area contributed by atoms with Gasteiger partial charge in [-0.25, -0.2) is 9.18 Å². The number of carbonyl (C=O) groups is 1. The van der Waals surface area contributed by atoms with Crippen LogP contribution in [0.2, 0.25) is 0 Å². The zero-order valence-corrected chi connectivity index (χ0v) is 10.8. The molecule has 0 aromatic rings. The molecule has 5 heteroatoms. The van der Waals surface area contributed by atoms with E-state index < -0.39 is 11.7 Å². The van der Waals surface area contributed by atoms with Crippen molar-refractivity contribution in [3.05, 3.63) is 24.2 Å². The summed E-state index contributed by atoms with van der Waals surface area (Å²) in [5.41, 5.74) is -0.267. The Balaban J connectivity index is 4.00. The van der Waals surface area contributed by atoms with Gasteiger partial charge in [0.1, 0.15) is 12.2 Å². The molecule has 0 rings (SSSR count). The minimum atomic E-state index is -0.591. The molecule has 0 atom stereocenters. The second-order valence-corrected chi connectivity index (χ2v) is 4.61. The minimum Gasteiger partial charge on any atom is -0.494 e. The van der Waals surface area contributed by atoms with Crippen molar-refractivity contribution in [3.8, 4) is 0 Å². The average molecular weight is 245 g/mol. The highest BCUT2D eigenvalue weighted by atomic mass is 19.1. The maximum Gasteiger partial charge on any atom is 0.407 e. The van der Waals surface area contributed by atoms with Crippen molar-refractivity contribution in [2.75, 3.05) is 13.2 Å². The van der Waals surface area contributed by atoms with Crippen LogP contribution in [0, 0.1) is 0 Å². The summed E-state index contributed by atoms with van der Waals surface area (Å²) in [5.74, 6) is 0.488. The molecular formula is C12H20FNO3. The summed E-state index contributed by atoms with van der Waals surface area (Å²) >= 11 is 0. The minimum absolute atomic E-state index is 0.0404. The largest absolute Gasteiger partial charge is 0.494 e. The number of hydrogen-bond acceptors (Lipinski definition) is 3. The van der Waals surface area contributed by atoms with Crippen molar-refractivity contribution in [2.24, 2.45) is 0 Å². The zero-order chi connectivity index (χ0) is 13.5. The quantitative estimate of drug-likeness (QED) is 0.757. The van der Waals surface area contributed by atoms with Gasteiger partial charge in [0.25, 0.3) is 0 Å². The predicted octanol–water partition coefficient (Wildman–Crippen LogP) is 2.91. The van der Waals surface area contributed by atoms with Gasteiger partial charge in [-0.05, 0) is 27.7 Å². The van der Waals surface area contributed by atoms with Gasteiger partial charge in [-0.3, -0.25) is 0 Å². The van der Waals surface area contributed by atoms with E-state index >= 15 is 0 Å². The molecule has 0 fully saturated rings. The highest BCUT2D eigenvalue weighted by molar-refractivity contribution is 5.68. The van der Waals surface area contributed by atoms with Crippen LogP contribution in [0.5, 0.6) is 0 Å². The van der Waals surface area contributed by atoms with E-state index in [0.717, 1.165) is 0 Å². The van der Waals surface area contributed by atoms with E-state index in [2.05, 4.69) is 11.9 Å². The predicted molar refractivity (Wildman–Crippen MR) is 64.2 cm³/mol. The molecule has 0 aromatic heterocycles. The lowest BCUT2D eigenvalue weighted by atomic mass is 10.2. The molecule has 17 heavy (non-hydrogen) atoms. The topological polar surface area (TPSA) is 47.6 Å². The maximum atomic E-state index is 12.4. The first-order valence-corrected chi connectivity index (χ1v) is 5.28. The molecule has 0 heterocycles. The molecule has 98 valence electrons. The molecule has 1 amide bonds. The van der Waals surface area contributed by atoms with Crippen LogP contribution in [-0.2, 0) is 9.47 Å². The van der Waals surface area contributed by atoms with Crippen molar-refractivity contribution < 1.29 is 18.7 Å². The van der Waals surface area contributed by atoms with Crippen LogP contribution in [0.3, 0.4) is 0 Å². The lowest BCUT2D eigenvalue weighted by Gasteiger charge is -2.20. The highest BCUT2D eigenvalue weighted by Crippen LogP contribution is 2.07. The molecule has 1 N–H and O–H groups in total. The van der Waals surface area contributed by atoms with Crippen molar-refractivity contribution in [1.29, 1.82) is 0 Å². The summed E-state index contributed by atoms with van der Waals surface area (Å²) in [6, 6.07) is 0. The Morgan fingerprint density at radius 2 is 2.06 bits per heavy atom. The second-order valence-electron chi connectivity index (χ2n) is 4.61. The van der Waals surface area contributed by atoms with E-state index in [1.165, 1.54) is 0 Å². The molecule has 0 bridgehead atoms. The van der Waals surface area contributed by atoms with E-state index in [-0.39, 0.29) is 13.2 Å². The van der Waals surface area contributed by atoms with Crippen LogP contribution in [0.1, 0.15) is 27.7 Å². The van der Waals surface area contributed by atoms with Crippen LogP contribution < -0.4 is 5.32 Å². The fourth-order valence-corrected chi connectivity index (χ4v) is 0.837. The molecule has 0 unspecified atom stereocenters. The summed E-state index contributed by atoms with van der Waals surface area (Å²) in [6.45, 7) is 10.5. The van der Waals surface area contributed by atoms with Gasteiger partial charge < -0.3 is 14.8 Å². The summed E-state index contributed by atoms with van der Waals surface area (Å²) in [4.78, 5) is 11.3. The Kier molecular flexibility index (Phi) is 6.31. The van der Waals surface area contributed by atoms with Crippen LogP contribution in [-0.4, -0.2) is 24.8 Å². The van der Waals surface area contributed by atoms with Crippen molar-refractivity contribution in [2.45, 2.75) is 33.3 Å². The number of carbonyl (C=O) groups excluding carboxylic acids is 1. The van der Waals surface area contributed by atoms with E-state index in [1.807, 2.05) is 0 Å². The molecule has 0 spiro atoms. The third-order valence-electron chi connectivity index (χ3n) is 1.52. The fraction of sp³-hybridized carbons (Fsp3) is 0.583. The monoisotopic (exact) mass is 245 g/mol. The highest BCUT2D eigenvalue weighted by Gasteiger charge is 2.15. The third kappa shape index (κ3) is 9.41. The molecular weight excluding hydrogens is 225 g/mol.